The molecule has 0 amide bonds. The van der Waals surface area contributed by atoms with Crippen LogP contribution in [0.4, 0.5) is 0 Å². The summed E-state index contributed by atoms with van der Waals surface area (Å²) < 4.78 is 6.47. The first-order valence-corrected chi connectivity index (χ1v) is 13.8. The molecule has 0 aromatic carbocycles. The van der Waals surface area contributed by atoms with E-state index in [1.54, 1.807) is 0 Å². The van der Waals surface area contributed by atoms with E-state index in [2.05, 4.69) is 40.8 Å². The molecule has 2 nitrogen and oxygen atoms in total. The first-order valence-electron chi connectivity index (χ1n) is 10.9. The fourth-order valence-electron chi connectivity index (χ4n) is 3.59. The van der Waals surface area contributed by atoms with Gasteiger partial charge < -0.3 is 4.43 Å². The fraction of sp³-hybridized carbons (Fsp3) is 0.955. The van der Waals surface area contributed by atoms with E-state index >= 15 is 0 Å². The molecule has 0 spiro atoms. The predicted molar refractivity (Wildman–Crippen MR) is 112 cm³/mol. The summed E-state index contributed by atoms with van der Waals surface area (Å²) in [4.78, 5) is 12.3. The van der Waals surface area contributed by atoms with E-state index in [4.69, 9.17) is 4.43 Å². The van der Waals surface area contributed by atoms with Crippen molar-refractivity contribution in [2.24, 2.45) is 5.92 Å². The Hall–Kier alpha value is -0.153. The quantitative estimate of drug-likeness (QED) is 0.267. The van der Waals surface area contributed by atoms with Crippen LogP contribution in [0.3, 0.4) is 0 Å². The van der Waals surface area contributed by atoms with Crippen molar-refractivity contribution < 1.29 is 9.22 Å². The summed E-state index contributed by atoms with van der Waals surface area (Å²) in [7, 11) is -1.74. The molecule has 0 heterocycles. The zero-order valence-electron chi connectivity index (χ0n) is 18.0. The van der Waals surface area contributed by atoms with E-state index in [1.165, 1.54) is 57.8 Å². The molecule has 1 fully saturated rings. The first kappa shape index (κ1) is 22.9. The van der Waals surface area contributed by atoms with Gasteiger partial charge in [0.15, 0.2) is 8.32 Å². The van der Waals surface area contributed by atoms with Crippen molar-refractivity contribution in [3.63, 3.8) is 0 Å². The Morgan fingerprint density at radius 1 is 0.960 bits per heavy atom. The molecule has 25 heavy (non-hydrogen) atoms. The number of rotatable bonds is 12. The summed E-state index contributed by atoms with van der Waals surface area (Å²) in [6, 6.07) is 0. The molecule has 0 bridgehead atoms. The van der Waals surface area contributed by atoms with E-state index in [-0.39, 0.29) is 17.1 Å². The second-order valence-corrected chi connectivity index (χ2v) is 14.5. The van der Waals surface area contributed by atoms with Crippen LogP contribution in [0.25, 0.3) is 0 Å². The Bertz CT molecular complexity index is 384. The molecule has 1 saturated carbocycles. The molecule has 0 saturated heterocycles. The van der Waals surface area contributed by atoms with Crippen LogP contribution in [0, 0.1) is 5.92 Å². The largest absolute Gasteiger partial charge is 0.413 e. The van der Waals surface area contributed by atoms with E-state index < -0.39 is 8.32 Å². The van der Waals surface area contributed by atoms with Crippen molar-refractivity contribution in [1.82, 2.24) is 0 Å². The maximum Gasteiger partial charge on any atom is 0.192 e. The summed E-state index contributed by atoms with van der Waals surface area (Å²) in [6.07, 6.45) is 15.1. The number of hydrogen-bond acceptors (Lipinski definition) is 2. The third kappa shape index (κ3) is 8.38. The predicted octanol–water partition coefficient (Wildman–Crippen LogP) is 7.28. The van der Waals surface area contributed by atoms with Crippen LogP contribution in [-0.4, -0.2) is 20.2 Å². The van der Waals surface area contributed by atoms with Gasteiger partial charge in [-0.05, 0) is 31.0 Å². The highest BCUT2D eigenvalue weighted by molar-refractivity contribution is 6.74. The zero-order valence-corrected chi connectivity index (χ0v) is 19.0. The molecule has 1 aliphatic carbocycles. The second kappa shape index (κ2) is 10.9. The monoisotopic (exact) mass is 368 g/mol. The highest BCUT2D eigenvalue weighted by Gasteiger charge is 2.42. The van der Waals surface area contributed by atoms with Gasteiger partial charge in [0.05, 0.1) is 6.10 Å². The minimum absolute atomic E-state index is 0.192. The molecule has 0 aromatic heterocycles. The Balaban J connectivity index is 2.17. The van der Waals surface area contributed by atoms with Gasteiger partial charge in [0.1, 0.15) is 5.78 Å². The molecule has 1 rings (SSSR count). The van der Waals surface area contributed by atoms with E-state index in [9.17, 15) is 4.79 Å². The summed E-state index contributed by atoms with van der Waals surface area (Å²) in [5, 5.41) is 0.227. The Morgan fingerprint density at radius 2 is 1.48 bits per heavy atom. The number of Topliss-reactive ketones (excluding diaryl/α,β-unsaturated/α-hetero) is 1. The van der Waals surface area contributed by atoms with Gasteiger partial charge in [-0.2, -0.15) is 0 Å². The zero-order chi connectivity index (χ0) is 18.9. The molecule has 0 N–H and O–H groups in total. The standard InChI is InChI=1S/C22H44O2Si/c1-7-8-9-10-11-12-13-14-15-16-19-17-20(18-21(19)23)24-25(5,6)22(2,3)4/h19-20H,7-18H2,1-6H3/t19-,20?/m0/s1. The Labute approximate surface area is 158 Å². The highest BCUT2D eigenvalue weighted by atomic mass is 28.4. The highest BCUT2D eigenvalue weighted by Crippen LogP contribution is 2.40. The fourth-order valence-corrected chi connectivity index (χ4v) is 4.95. The lowest BCUT2D eigenvalue weighted by Gasteiger charge is -2.38. The van der Waals surface area contributed by atoms with Crippen LogP contribution in [0.15, 0.2) is 0 Å². The van der Waals surface area contributed by atoms with Crippen LogP contribution in [0.1, 0.15) is 105 Å². The molecule has 1 aliphatic rings. The number of hydrogen-bond donors (Lipinski definition) is 0. The van der Waals surface area contributed by atoms with Crippen molar-refractivity contribution in [2.45, 2.75) is 129 Å². The first-order chi connectivity index (χ1) is 11.7. The van der Waals surface area contributed by atoms with Gasteiger partial charge >= 0.3 is 0 Å². The van der Waals surface area contributed by atoms with Gasteiger partial charge in [-0.3, -0.25) is 4.79 Å². The van der Waals surface area contributed by atoms with Gasteiger partial charge in [0.25, 0.3) is 0 Å². The van der Waals surface area contributed by atoms with Crippen molar-refractivity contribution in [1.29, 1.82) is 0 Å². The summed E-state index contributed by atoms with van der Waals surface area (Å²) in [5.74, 6) is 0.739. The van der Waals surface area contributed by atoms with Crippen molar-refractivity contribution in [3.05, 3.63) is 0 Å². The van der Waals surface area contributed by atoms with Gasteiger partial charge in [-0.1, -0.05) is 85.5 Å². The number of carbonyl (C=O) groups is 1. The molecule has 0 radical (unpaired) electrons. The van der Waals surface area contributed by atoms with Gasteiger partial charge in [-0.15, -0.1) is 0 Å². The smallest absolute Gasteiger partial charge is 0.192 e. The van der Waals surface area contributed by atoms with Crippen molar-refractivity contribution in [3.8, 4) is 0 Å². The molecule has 0 aliphatic heterocycles. The SMILES string of the molecule is CCCCCCCCCCC[C@H]1CC(O[Si](C)(C)C(C)(C)C)CC1=O. The van der Waals surface area contributed by atoms with Crippen molar-refractivity contribution in [2.75, 3.05) is 0 Å². The van der Waals surface area contributed by atoms with E-state index in [0.717, 1.165) is 12.8 Å². The Morgan fingerprint density at radius 3 is 2.00 bits per heavy atom. The van der Waals surface area contributed by atoms with Gasteiger partial charge in [0, 0.05) is 12.3 Å². The van der Waals surface area contributed by atoms with Crippen LogP contribution < -0.4 is 0 Å². The summed E-state index contributed by atoms with van der Waals surface area (Å²) >= 11 is 0. The molecular weight excluding hydrogens is 324 g/mol. The van der Waals surface area contributed by atoms with Crippen LogP contribution in [0.2, 0.25) is 18.1 Å². The molecule has 0 aromatic rings. The minimum Gasteiger partial charge on any atom is -0.413 e. The lowest BCUT2D eigenvalue weighted by Crippen LogP contribution is -2.43. The number of unbranched alkanes of at least 4 members (excludes halogenated alkanes) is 8. The van der Waals surface area contributed by atoms with Gasteiger partial charge in [0.2, 0.25) is 0 Å². The molecule has 2 atom stereocenters. The van der Waals surface area contributed by atoms with Crippen LogP contribution in [-0.2, 0) is 9.22 Å². The average molecular weight is 369 g/mol. The molecule has 3 heteroatoms. The summed E-state index contributed by atoms with van der Waals surface area (Å²) in [6.45, 7) is 13.7. The third-order valence-electron chi connectivity index (χ3n) is 6.36. The topological polar surface area (TPSA) is 26.3 Å². The van der Waals surface area contributed by atoms with Crippen LogP contribution in [0.5, 0.6) is 0 Å². The summed E-state index contributed by atoms with van der Waals surface area (Å²) in [5.41, 5.74) is 0. The van der Waals surface area contributed by atoms with Gasteiger partial charge in [-0.25, -0.2) is 0 Å². The number of ketones is 1. The van der Waals surface area contributed by atoms with E-state index in [0.29, 0.717) is 12.2 Å². The maximum absolute atomic E-state index is 12.3. The normalized spacial score (nSPS) is 21.9. The molecular formula is C22H44O2Si. The minimum atomic E-state index is -1.74. The lowest BCUT2D eigenvalue weighted by molar-refractivity contribution is -0.121. The average Bonchev–Trinajstić information content (AvgIpc) is 2.83. The Kier molecular flexibility index (Phi) is 9.95. The third-order valence-corrected chi connectivity index (χ3v) is 10.9. The van der Waals surface area contributed by atoms with E-state index in [1.807, 2.05) is 0 Å². The second-order valence-electron chi connectivity index (χ2n) is 9.72. The number of carbonyl (C=O) groups excluding carboxylic acids is 1. The lowest BCUT2D eigenvalue weighted by atomic mass is 9.98. The van der Waals surface area contributed by atoms with Crippen LogP contribution >= 0.6 is 0 Å². The van der Waals surface area contributed by atoms with Crippen molar-refractivity contribution >= 4 is 14.1 Å². The molecule has 148 valence electrons. The maximum atomic E-state index is 12.3. The molecule has 1 unspecified atom stereocenters.